The highest BCUT2D eigenvalue weighted by atomic mass is 79.9. The first kappa shape index (κ1) is 17.6. The standard InChI is InChI=1S/C22H19BrN2O2/c1-2-27-18-13-9-16(10-14-18)22(26)25-20-6-4-3-5-19(20)24-21(25)15-7-11-17(23)12-8-15/h3-14,21,24H,2H2,1H3. The molecule has 3 aromatic carbocycles. The zero-order chi connectivity index (χ0) is 18.8. The summed E-state index contributed by atoms with van der Waals surface area (Å²) in [6, 6.07) is 23.2. The molecule has 0 aromatic heterocycles. The number of carbonyl (C=O) groups excluding carboxylic acids is 1. The van der Waals surface area contributed by atoms with E-state index in [-0.39, 0.29) is 12.1 Å². The van der Waals surface area contributed by atoms with Crippen LogP contribution < -0.4 is 15.0 Å². The van der Waals surface area contributed by atoms with Crippen LogP contribution in [0.15, 0.2) is 77.3 Å². The van der Waals surface area contributed by atoms with E-state index in [1.807, 2.05) is 84.6 Å². The quantitative estimate of drug-likeness (QED) is 0.593. The van der Waals surface area contributed by atoms with Gasteiger partial charge in [-0.05, 0) is 61.0 Å². The van der Waals surface area contributed by atoms with Crippen LogP contribution in [0.1, 0.15) is 29.0 Å². The van der Waals surface area contributed by atoms with Gasteiger partial charge in [-0.15, -0.1) is 0 Å². The van der Waals surface area contributed by atoms with Crippen molar-refractivity contribution in [1.29, 1.82) is 0 Å². The fraction of sp³-hybridized carbons (Fsp3) is 0.136. The Bertz CT molecular complexity index is 955. The molecule has 1 unspecified atom stereocenters. The molecule has 4 nitrogen and oxygen atoms in total. The summed E-state index contributed by atoms with van der Waals surface area (Å²) in [5, 5.41) is 3.47. The third-order valence-electron chi connectivity index (χ3n) is 4.53. The van der Waals surface area contributed by atoms with Crippen LogP contribution in [-0.2, 0) is 0 Å². The molecule has 3 aromatic rings. The minimum Gasteiger partial charge on any atom is -0.494 e. The Kier molecular flexibility index (Phi) is 4.86. The molecule has 1 aliphatic heterocycles. The van der Waals surface area contributed by atoms with Gasteiger partial charge >= 0.3 is 0 Å². The molecular formula is C22H19BrN2O2. The van der Waals surface area contributed by atoms with E-state index < -0.39 is 0 Å². The molecule has 27 heavy (non-hydrogen) atoms. The Hall–Kier alpha value is -2.79. The second-order valence-corrected chi connectivity index (χ2v) is 7.16. The van der Waals surface area contributed by atoms with Gasteiger partial charge in [0.25, 0.3) is 5.91 Å². The van der Waals surface area contributed by atoms with Gasteiger partial charge in [-0.3, -0.25) is 9.69 Å². The fourth-order valence-electron chi connectivity index (χ4n) is 3.26. The SMILES string of the molecule is CCOc1ccc(C(=O)N2c3ccccc3NC2c2ccc(Br)cc2)cc1. The van der Waals surface area contributed by atoms with Crippen LogP contribution in [-0.4, -0.2) is 12.5 Å². The highest BCUT2D eigenvalue weighted by Crippen LogP contribution is 2.42. The summed E-state index contributed by atoms with van der Waals surface area (Å²) < 4.78 is 6.49. The first-order valence-electron chi connectivity index (χ1n) is 8.85. The molecule has 1 atom stereocenters. The molecule has 1 aliphatic rings. The van der Waals surface area contributed by atoms with Gasteiger partial charge in [-0.1, -0.05) is 40.2 Å². The van der Waals surface area contributed by atoms with E-state index >= 15 is 0 Å². The largest absolute Gasteiger partial charge is 0.494 e. The molecule has 1 heterocycles. The first-order valence-corrected chi connectivity index (χ1v) is 9.64. The zero-order valence-electron chi connectivity index (χ0n) is 14.9. The number of nitrogens with one attached hydrogen (secondary N) is 1. The molecule has 5 heteroatoms. The van der Waals surface area contributed by atoms with Crippen LogP contribution >= 0.6 is 15.9 Å². The van der Waals surface area contributed by atoms with Gasteiger partial charge < -0.3 is 10.1 Å². The van der Waals surface area contributed by atoms with E-state index in [1.54, 1.807) is 0 Å². The Morgan fingerprint density at radius 1 is 1.04 bits per heavy atom. The molecule has 0 bridgehead atoms. The van der Waals surface area contributed by atoms with Crippen molar-refractivity contribution in [3.05, 3.63) is 88.4 Å². The summed E-state index contributed by atoms with van der Waals surface area (Å²) in [4.78, 5) is 15.2. The molecule has 0 aliphatic carbocycles. The number of nitrogens with zero attached hydrogens (tertiary/aromatic N) is 1. The Balaban J connectivity index is 1.71. The van der Waals surface area contributed by atoms with Crippen LogP contribution in [0, 0.1) is 0 Å². The van der Waals surface area contributed by atoms with Gasteiger partial charge in [0.15, 0.2) is 0 Å². The predicted octanol–water partition coefficient (Wildman–Crippen LogP) is 5.62. The van der Waals surface area contributed by atoms with Crippen molar-refractivity contribution in [2.24, 2.45) is 0 Å². The third kappa shape index (κ3) is 3.43. The van der Waals surface area contributed by atoms with Crippen molar-refractivity contribution in [2.45, 2.75) is 13.1 Å². The number of rotatable bonds is 4. The summed E-state index contributed by atoms with van der Waals surface area (Å²) in [6.07, 6.45) is -0.255. The molecular weight excluding hydrogens is 404 g/mol. The van der Waals surface area contributed by atoms with E-state index in [0.717, 1.165) is 27.2 Å². The number of benzene rings is 3. The summed E-state index contributed by atoms with van der Waals surface area (Å²) in [6.45, 7) is 2.54. The van der Waals surface area contributed by atoms with Crippen molar-refractivity contribution in [3.8, 4) is 5.75 Å². The van der Waals surface area contributed by atoms with Crippen LogP contribution in [0.2, 0.25) is 0 Å². The van der Waals surface area contributed by atoms with Crippen molar-refractivity contribution in [1.82, 2.24) is 0 Å². The lowest BCUT2D eigenvalue weighted by molar-refractivity contribution is 0.0981. The number of hydrogen-bond acceptors (Lipinski definition) is 3. The lowest BCUT2D eigenvalue weighted by atomic mass is 10.1. The van der Waals surface area contributed by atoms with E-state index in [9.17, 15) is 4.79 Å². The number of halogens is 1. The highest BCUT2D eigenvalue weighted by molar-refractivity contribution is 9.10. The predicted molar refractivity (Wildman–Crippen MR) is 111 cm³/mol. The van der Waals surface area contributed by atoms with Gasteiger partial charge in [0.05, 0.1) is 18.0 Å². The van der Waals surface area contributed by atoms with Gasteiger partial charge in [-0.2, -0.15) is 0 Å². The number of anilines is 2. The molecule has 1 amide bonds. The average Bonchev–Trinajstić information content (AvgIpc) is 3.08. The smallest absolute Gasteiger partial charge is 0.260 e. The van der Waals surface area contributed by atoms with Crippen LogP contribution in [0.5, 0.6) is 5.75 Å². The molecule has 0 saturated heterocycles. The molecule has 4 rings (SSSR count). The molecule has 0 radical (unpaired) electrons. The van der Waals surface area contributed by atoms with Crippen LogP contribution in [0.25, 0.3) is 0 Å². The lowest BCUT2D eigenvalue weighted by Crippen LogP contribution is -2.34. The van der Waals surface area contributed by atoms with Crippen LogP contribution in [0.4, 0.5) is 11.4 Å². The Morgan fingerprint density at radius 2 is 1.74 bits per heavy atom. The van der Waals surface area contributed by atoms with Crippen molar-refractivity contribution >= 4 is 33.2 Å². The van der Waals surface area contributed by atoms with E-state index in [4.69, 9.17) is 4.74 Å². The topological polar surface area (TPSA) is 41.6 Å². The average molecular weight is 423 g/mol. The Morgan fingerprint density at radius 3 is 2.44 bits per heavy atom. The van der Waals surface area contributed by atoms with Gasteiger partial charge in [-0.25, -0.2) is 0 Å². The maximum absolute atomic E-state index is 13.4. The van der Waals surface area contributed by atoms with Crippen molar-refractivity contribution < 1.29 is 9.53 Å². The second-order valence-electron chi connectivity index (χ2n) is 6.25. The van der Waals surface area contributed by atoms with Crippen molar-refractivity contribution in [2.75, 3.05) is 16.8 Å². The number of hydrogen-bond donors (Lipinski definition) is 1. The second kappa shape index (κ2) is 7.45. The van der Waals surface area contributed by atoms with Gasteiger partial charge in [0.2, 0.25) is 0 Å². The first-order chi connectivity index (χ1) is 13.2. The molecule has 136 valence electrons. The third-order valence-corrected chi connectivity index (χ3v) is 5.06. The summed E-state index contributed by atoms with van der Waals surface area (Å²) in [5.41, 5.74) is 3.47. The zero-order valence-corrected chi connectivity index (χ0v) is 16.4. The maximum Gasteiger partial charge on any atom is 0.260 e. The Labute approximate surface area is 166 Å². The van der Waals surface area contributed by atoms with Gasteiger partial charge in [0.1, 0.15) is 11.9 Å². The minimum atomic E-state index is -0.255. The van der Waals surface area contributed by atoms with Crippen LogP contribution in [0.3, 0.4) is 0 Å². The molecule has 1 N–H and O–H groups in total. The van der Waals surface area contributed by atoms with E-state index in [0.29, 0.717) is 12.2 Å². The summed E-state index contributed by atoms with van der Waals surface area (Å²) >= 11 is 3.47. The summed E-state index contributed by atoms with van der Waals surface area (Å²) in [7, 11) is 0. The van der Waals surface area contributed by atoms with Gasteiger partial charge in [0, 0.05) is 10.0 Å². The molecule has 0 fully saturated rings. The normalized spacial score (nSPS) is 15.2. The van der Waals surface area contributed by atoms with E-state index in [1.165, 1.54) is 0 Å². The molecule has 0 spiro atoms. The monoisotopic (exact) mass is 422 g/mol. The number of para-hydroxylation sites is 2. The number of amides is 1. The molecule has 0 saturated carbocycles. The van der Waals surface area contributed by atoms with Crippen molar-refractivity contribution in [3.63, 3.8) is 0 Å². The fourth-order valence-corrected chi connectivity index (χ4v) is 3.52. The number of carbonyl (C=O) groups is 1. The summed E-state index contributed by atoms with van der Waals surface area (Å²) in [5.74, 6) is 0.710. The van der Waals surface area contributed by atoms with E-state index in [2.05, 4.69) is 21.2 Å². The minimum absolute atomic E-state index is 0.0524. The number of fused-ring (bicyclic) bond motifs is 1. The number of ether oxygens (including phenoxy) is 1. The highest BCUT2D eigenvalue weighted by Gasteiger charge is 2.34. The lowest BCUT2D eigenvalue weighted by Gasteiger charge is -2.25. The maximum atomic E-state index is 13.4.